The van der Waals surface area contributed by atoms with E-state index in [2.05, 4.69) is 0 Å². The van der Waals surface area contributed by atoms with Crippen molar-refractivity contribution in [2.24, 2.45) is 0 Å². The largest absolute Gasteiger partial charge is 0.771 e. The highest BCUT2D eigenvalue weighted by Crippen LogP contribution is 2.17. The maximum Gasteiger partial charge on any atom is 0.115 e. The molecule has 0 aliphatic carbocycles. The summed E-state index contributed by atoms with van der Waals surface area (Å²) >= 11 is -2.31. The highest BCUT2D eigenvalue weighted by molar-refractivity contribution is 7.79. The number of hydrogen-bond acceptors (Lipinski definition) is 4. The molecule has 0 fully saturated rings. The zero-order valence-electron chi connectivity index (χ0n) is 8.50. The van der Waals surface area contributed by atoms with Gasteiger partial charge >= 0.3 is 0 Å². The van der Waals surface area contributed by atoms with Crippen LogP contribution in [-0.2, 0) is 11.1 Å². The van der Waals surface area contributed by atoms with E-state index in [9.17, 15) is 8.76 Å². The van der Waals surface area contributed by atoms with E-state index in [0.717, 1.165) is 5.69 Å². The van der Waals surface area contributed by atoms with Gasteiger partial charge < -0.3 is 14.6 Å². The molecule has 0 aromatic heterocycles. The average molecular weight is 228 g/mol. The summed E-state index contributed by atoms with van der Waals surface area (Å²) < 4.78 is 21.8. The summed E-state index contributed by atoms with van der Waals surface area (Å²) in [5, 5.41) is 8.15. The first-order valence-corrected chi connectivity index (χ1v) is 5.85. The van der Waals surface area contributed by atoms with Crippen molar-refractivity contribution < 1.29 is 13.9 Å². The van der Waals surface area contributed by atoms with E-state index in [0.29, 0.717) is 6.54 Å². The second-order valence-corrected chi connectivity index (χ2v) is 4.08. The van der Waals surface area contributed by atoms with Crippen molar-refractivity contribution in [3.05, 3.63) is 30.3 Å². The van der Waals surface area contributed by atoms with E-state index < -0.39 is 23.1 Å². The van der Waals surface area contributed by atoms with Crippen LogP contribution in [-0.4, -0.2) is 32.4 Å². The summed E-state index contributed by atoms with van der Waals surface area (Å²) in [6.07, 6.45) is 0. The zero-order chi connectivity index (χ0) is 11.3. The van der Waals surface area contributed by atoms with Gasteiger partial charge in [-0.3, -0.25) is 4.21 Å². The lowest BCUT2D eigenvalue weighted by Crippen LogP contribution is -2.41. The number of rotatable bonds is 5. The van der Waals surface area contributed by atoms with E-state index >= 15 is 0 Å². The molecule has 1 N–H and O–H groups in total. The van der Waals surface area contributed by atoms with Crippen LogP contribution in [0.3, 0.4) is 0 Å². The molecule has 0 saturated carbocycles. The molecule has 0 amide bonds. The Morgan fingerprint density at radius 3 is 2.47 bits per heavy atom. The van der Waals surface area contributed by atoms with Crippen LogP contribution < -0.4 is 4.90 Å². The van der Waals surface area contributed by atoms with E-state index in [4.69, 9.17) is 5.11 Å². The number of nitrogens with zero attached hydrogens (tertiary/aromatic N) is 1. The number of hydrogen-bond donors (Lipinski definition) is 1. The zero-order valence-corrected chi connectivity index (χ0v) is 9.31. The van der Waals surface area contributed by atoms with Crippen molar-refractivity contribution in [3.63, 3.8) is 0 Å². The van der Waals surface area contributed by atoms with Crippen molar-refractivity contribution >= 4 is 16.8 Å². The van der Waals surface area contributed by atoms with Gasteiger partial charge in [-0.05, 0) is 30.1 Å². The van der Waals surface area contributed by atoms with Crippen molar-refractivity contribution in [3.8, 4) is 0 Å². The van der Waals surface area contributed by atoms with Gasteiger partial charge in [-0.15, -0.1) is 0 Å². The van der Waals surface area contributed by atoms with Crippen LogP contribution in [0.4, 0.5) is 5.69 Å². The molecule has 4 nitrogen and oxygen atoms in total. The first-order valence-electron chi connectivity index (χ1n) is 4.71. The van der Waals surface area contributed by atoms with E-state index in [-0.39, 0.29) is 0 Å². The number of anilines is 1. The molecule has 0 spiro atoms. The number of aliphatic hydroxyl groups is 1. The van der Waals surface area contributed by atoms with Crippen molar-refractivity contribution in [1.82, 2.24) is 0 Å². The third-order valence-corrected chi connectivity index (χ3v) is 3.00. The third kappa shape index (κ3) is 3.02. The molecule has 1 aromatic carbocycles. The molecule has 1 aromatic rings. The van der Waals surface area contributed by atoms with Crippen LogP contribution in [0.5, 0.6) is 0 Å². The van der Waals surface area contributed by atoms with Gasteiger partial charge in [0.1, 0.15) is 5.37 Å². The summed E-state index contributed by atoms with van der Waals surface area (Å²) in [4.78, 5) is 1.64. The van der Waals surface area contributed by atoms with E-state index in [1.54, 1.807) is 4.90 Å². The lowest BCUT2D eigenvalue weighted by molar-refractivity contribution is 0.285. The second kappa shape index (κ2) is 5.85. The Morgan fingerprint density at radius 1 is 1.47 bits per heavy atom. The summed E-state index contributed by atoms with van der Waals surface area (Å²) in [5.41, 5.74) is 0.795. The molecule has 0 aliphatic heterocycles. The third-order valence-electron chi connectivity index (χ3n) is 2.15. The summed E-state index contributed by atoms with van der Waals surface area (Å²) in [7, 11) is 0. The highest BCUT2D eigenvalue weighted by atomic mass is 32.2. The second-order valence-electron chi connectivity index (χ2n) is 3.02. The van der Waals surface area contributed by atoms with Crippen LogP contribution in [0.15, 0.2) is 30.3 Å². The molecule has 15 heavy (non-hydrogen) atoms. The summed E-state index contributed by atoms with van der Waals surface area (Å²) in [6, 6.07) is 9.16. The van der Waals surface area contributed by atoms with Crippen molar-refractivity contribution in [2.75, 3.05) is 18.1 Å². The lowest BCUT2D eigenvalue weighted by Gasteiger charge is -2.32. The first kappa shape index (κ1) is 12.2. The minimum Gasteiger partial charge on any atom is -0.771 e. The molecular weight excluding hydrogens is 214 g/mol. The van der Waals surface area contributed by atoms with Gasteiger partial charge in [-0.2, -0.15) is 0 Å². The molecule has 1 rings (SSSR count). The Hall–Kier alpha value is -0.910. The van der Waals surface area contributed by atoms with Gasteiger partial charge in [0.25, 0.3) is 0 Å². The van der Waals surface area contributed by atoms with Crippen LogP contribution >= 0.6 is 0 Å². The molecule has 0 heterocycles. The van der Waals surface area contributed by atoms with Gasteiger partial charge in [0.15, 0.2) is 0 Å². The van der Waals surface area contributed by atoms with Crippen molar-refractivity contribution in [1.29, 1.82) is 0 Å². The fourth-order valence-electron chi connectivity index (χ4n) is 1.44. The fraction of sp³-hybridized carbons (Fsp3) is 0.400. The predicted molar refractivity (Wildman–Crippen MR) is 59.3 cm³/mol. The SMILES string of the molecule is CCN(c1ccccc1)C(CO)S(=O)[O-]. The molecule has 0 bridgehead atoms. The molecular formula is C10H14NO3S-. The Morgan fingerprint density at radius 2 is 2.07 bits per heavy atom. The quantitative estimate of drug-likeness (QED) is 0.754. The molecule has 84 valence electrons. The smallest absolute Gasteiger partial charge is 0.115 e. The average Bonchev–Trinajstić information content (AvgIpc) is 2.26. The van der Waals surface area contributed by atoms with Crippen LogP contribution in [0, 0.1) is 0 Å². The summed E-state index contributed by atoms with van der Waals surface area (Å²) in [5.74, 6) is 0. The monoisotopic (exact) mass is 228 g/mol. The Labute approximate surface area is 91.8 Å². The molecule has 5 heteroatoms. The van der Waals surface area contributed by atoms with Gasteiger partial charge in [0.2, 0.25) is 0 Å². The highest BCUT2D eigenvalue weighted by Gasteiger charge is 2.16. The number of benzene rings is 1. The Bertz CT molecular complexity index is 318. The van der Waals surface area contributed by atoms with Crippen LogP contribution in [0.1, 0.15) is 6.92 Å². The van der Waals surface area contributed by atoms with Gasteiger partial charge in [-0.25, -0.2) is 0 Å². The maximum absolute atomic E-state index is 10.9. The lowest BCUT2D eigenvalue weighted by atomic mass is 10.3. The number of aliphatic hydroxyl groups excluding tert-OH is 1. The maximum atomic E-state index is 10.9. The Kier molecular flexibility index (Phi) is 4.74. The normalized spacial score (nSPS) is 14.6. The number of para-hydroxylation sites is 1. The van der Waals surface area contributed by atoms with Gasteiger partial charge in [0.05, 0.1) is 6.61 Å². The Balaban J connectivity index is 2.92. The van der Waals surface area contributed by atoms with Crippen LogP contribution in [0.2, 0.25) is 0 Å². The predicted octanol–water partition coefficient (Wildman–Crippen LogP) is 0.710. The first-order chi connectivity index (χ1) is 7.20. The topological polar surface area (TPSA) is 63.6 Å². The summed E-state index contributed by atoms with van der Waals surface area (Å²) in [6.45, 7) is 1.98. The molecule has 2 unspecified atom stereocenters. The minimum absolute atomic E-state index is 0.404. The standard InChI is InChI=1S/C10H15NO3S/c1-2-11(10(8-12)15(13)14)9-6-4-3-5-7-9/h3-7,10,12H,2,8H2,1H3,(H,13,14)/p-1. The number of likely N-dealkylation sites (N-methyl/N-ethyl adjacent to an activating group) is 1. The molecule has 2 atom stereocenters. The molecule has 0 saturated heterocycles. The molecule has 0 aliphatic rings. The minimum atomic E-state index is -2.31. The van der Waals surface area contributed by atoms with Gasteiger partial charge in [0, 0.05) is 12.2 Å². The van der Waals surface area contributed by atoms with Crippen LogP contribution in [0.25, 0.3) is 0 Å². The van der Waals surface area contributed by atoms with Gasteiger partial charge in [-0.1, -0.05) is 18.2 Å². The van der Waals surface area contributed by atoms with E-state index in [1.807, 2.05) is 37.3 Å². The fourth-order valence-corrected chi connectivity index (χ4v) is 2.04. The molecule has 0 radical (unpaired) electrons. The van der Waals surface area contributed by atoms with E-state index in [1.165, 1.54) is 0 Å². The van der Waals surface area contributed by atoms with Crippen molar-refractivity contribution in [2.45, 2.75) is 12.3 Å².